The van der Waals surface area contributed by atoms with Gasteiger partial charge in [0, 0.05) is 0 Å². The summed E-state index contributed by atoms with van der Waals surface area (Å²) in [5.74, 6) is 2.55. The molecule has 5 rings (SSSR count). The van der Waals surface area contributed by atoms with E-state index in [0.717, 1.165) is 5.69 Å². The number of hydrogen-bond donors (Lipinski definition) is 1. The van der Waals surface area contributed by atoms with Crippen molar-refractivity contribution in [2.24, 2.45) is 0 Å². The molecule has 126 valence electrons. The Balaban J connectivity index is 1.54. The summed E-state index contributed by atoms with van der Waals surface area (Å²) >= 11 is 0. The molecule has 2 heterocycles. The van der Waals surface area contributed by atoms with E-state index in [0.29, 0.717) is 23.0 Å². The summed E-state index contributed by atoms with van der Waals surface area (Å²) in [6, 6.07) is 24.9. The second-order valence-electron chi connectivity index (χ2n) is 6.10. The molecule has 0 aromatic heterocycles. The Bertz CT molecular complexity index is 834. The zero-order valence-electron chi connectivity index (χ0n) is 13.3. The summed E-state index contributed by atoms with van der Waals surface area (Å²) in [5.41, 5.74) is 0.943. The molecular formula is C19H16NO4Si-. The van der Waals surface area contributed by atoms with Gasteiger partial charge >= 0.3 is 145 Å². The van der Waals surface area contributed by atoms with E-state index in [9.17, 15) is 0 Å². The van der Waals surface area contributed by atoms with Gasteiger partial charge in [0.25, 0.3) is 0 Å². The predicted molar refractivity (Wildman–Crippen MR) is 96.1 cm³/mol. The van der Waals surface area contributed by atoms with E-state index in [1.165, 1.54) is 0 Å². The quantitative estimate of drug-likeness (QED) is 0.724. The number of nitrogens with one attached hydrogen (secondary N) is 1. The Kier molecular flexibility index (Phi) is 2.81. The fourth-order valence-electron chi connectivity index (χ4n) is 3.16. The first kappa shape index (κ1) is 14.2. The van der Waals surface area contributed by atoms with Crippen molar-refractivity contribution in [3.8, 4) is 23.0 Å². The number of hydrogen-bond acceptors (Lipinski definition) is 5. The fourth-order valence-corrected chi connectivity index (χ4v) is 6.56. The van der Waals surface area contributed by atoms with Gasteiger partial charge in [0.1, 0.15) is 0 Å². The molecule has 2 aliphatic heterocycles. The first-order chi connectivity index (χ1) is 12.2. The molecule has 25 heavy (non-hydrogen) atoms. The van der Waals surface area contributed by atoms with Crippen molar-refractivity contribution in [3.05, 3.63) is 78.9 Å². The molecule has 0 saturated carbocycles. The number of anilines is 1. The third kappa shape index (κ3) is 2.22. The van der Waals surface area contributed by atoms with Gasteiger partial charge < -0.3 is 0 Å². The first-order valence-corrected chi connectivity index (χ1v) is 10.5. The summed E-state index contributed by atoms with van der Waals surface area (Å²) < 4.78 is 25.1. The van der Waals surface area contributed by atoms with Crippen LogP contribution in [0.15, 0.2) is 78.9 Å². The van der Waals surface area contributed by atoms with Gasteiger partial charge in [-0.3, -0.25) is 0 Å². The van der Waals surface area contributed by atoms with Crippen molar-refractivity contribution in [1.82, 2.24) is 0 Å². The van der Waals surface area contributed by atoms with Crippen LogP contribution in [-0.4, -0.2) is 14.5 Å². The van der Waals surface area contributed by atoms with Gasteiger partial charge in [0.15, 0.2) is 0 Å². The van der Waals surface area contributed by atoms with Gasteiger partial charge in [-0.15, -0.1) is 0 Å². The maximum atomic E-state index is 6.27. The van der Waals surface area contributed by atoms with Gasteiger partial charge in [-0.25, -0.2) is 0 Å². The average Bonchev–Trinajstić information content (AvgIpc) is 3.15. The Labute approximate surface area is 145 Å². The minimum absolute atomic E-state index is 0.285. The number of rotatable bonds is 3. The van der Waals surface area contributed by atoms with Gasteiger partial charge in [-0.05, 0) is 0 Å². The van der Waals surface area contributed by atoms with Crippen molar-refractivity contribution >= 4 is 14.0 Å². The van der Waals surface area contributed by atoms with Crippen LogP contribution >= 0.6 is 0 Å². The van der Waals surface area contributed by atoms with Crippen molar-refractivity contribution in [2.45, 2.75) is 0 Å². The topological polar surface area (TPSA) is 49.0 Å². The summed E-state index contributed by atoms with van der Waals surface area (Å²) in [6.45, 7) is 0. The Morgan fingerprint density at radius 2 is 0.960 bits per heavy atom. The maximum absolute atomic E-state index is 6.27. The fraction of sp³-hybridized carbons (Fsp3) is 0.0526. The molecule has 1 N–H and O–H groups in total. The second kappa shape index (κ2) is 4.94. The molecule has 3 aromatic carbocycles. The van der Waals surface area contributed by atoms with Gasteiger partial charge in [0.05, 0.1) is 0 Å². The van der Waals surface area contributed by atoms with Crippen LogP contribution in [0.3, 0.4) is 0 Å². The summed E-state index contributed by atoms with van der Waals surface area (Å²) in [7, 11) is -4.22. The molecule has 3 aromatic rings. The number of fused-ring (bicyclic) bond motifs is 2. The number of benzene rings is 3. The van der Waals surface area contributed by atoms with Crippen LogP contribution in [0.4, 0.5) is 5.69 Å². The molecule has 0 fully saturated rings. The normalized spacial score (nSPS) is 19.1. The molecule has 0 atom stereocenters. The molecule has 0 amide bonds. The van der Waals surface area contributed by atoms with E-state index in [2.05, 4.69) is 5.32 Å². The summed E-state index contributed by atoms with van der Waals surface area (Å²) in [4.78, 5) is 0. The van der Waals surface area contributed by atoms with Crippen LogP contribution < -0.4 is 23.0 Å². The van der Waals surface area contributed by atoms with Gasteiger partial charge in [-0.2, -0.15) is 0 Å². The van der Waals surface area contributed by atoms with Crippen molar-refractivity contribution in [3.63, 3.8) is 0 Å². The van der Waals surface area contributed by atoms with Crippen LogP contribution in [0.5, 0.6) is 23.0 Å². The van der Waals surface area contributed by atoms with Gasteiger partial charge in [0.2, 0.25) is 0 Å². The standard InChI is InChI=1S/C19H16NO4Si/c1-2-8-15(9-3-1)20-14-25(21-16-10-4-5-11-17(16)22-25)23-18-12-6-7-13-19(18)24-25/h1-13,20H,14H2/q-1. The van der Waals surface area contributed by atoms with E-state index in [1.807, 2.05) is 78.9 Å². The average molecular weight is 350 g/mol. The minimum atomic E-state index is -4.22. The molecule has 0 radical (unpaired) electrons. The monoisotopic (exact) mass is 350 g/mol. The van der Waals surface area contributed by atoms with Crippen molar-refractivity contribution < 1.29 is 17.7 Å². The van der Waals surface area contributed by atoms with Crippen LogP contribution in [-0.2, 0) is 0 Å². The zero-order chi connectivity index (χ0) is 16.8. The van der Waals surface area contributed by atoms with Crippen LogP contribution in [0.1, 0.15) is 0 Å². The van der Waals surface area contributed by atoms with Crippen LogP contribution in [0, 0.1) is 0 Å². The molecular weight excluding hydrogens is 334 g/mol. The van der Waals surface area contributed by atoms with Crippen LogP contribution in [0.25, 0.3) is 0 Å². The first-order valence-electron chi connectivity index (χ1n) is 8.16. The molecule has 0 bridgehead atoms. The Morgan fingerprint density at radius 1 is 0.560 bits per heavy atom. The van der Waals surface area contributed by atoms with E-state index in [1.54, 1.807) is 0 Å². The molecule has 5 nitrogen and oxygen atoms in total. The van der Waals surface area contributed by atoms with Crippen LogP contribution in [0.2, 0.25) is 0 Å². The predicted octanol–water partition coefficient (Wildman–Crippen LogP) is 3.97. The third-order valence-corrected chi connectivity index (χ3v) is 7.49. The molecule has 2 aliphatic rings. The molecule has 0 aliphatic carbocycles. The molecule has 1 spiro atoms. The summed E-state index contributed by atoms with van der Waals surface area (Å²) in [5, 5.41) is 3.35. The molecule has 6 heteroatoms. The van der Waals surface area contributed by atoms with E-state index < -0.39 is 8.33 Å². The van der Waals surface area contributed by atoms with E-state index in [4.69, 9.17) is 17.7 Å². The van der Waals surface area contributed by atoms with Crippen molar-refractivity contribution in [2.75, 3.05) is 11.5 Å². The SMILES string of the molecule is c1ccc(NC[Si-]23(Oc4ccccc4O2)Oc2ccccc2O3)cc1. The third-order valence-electron chi connectivity index (χ3n) is 4.28. The molecule has 0 saturated heterocycles. The van der Waals surface area contributed by atoms with E-state index >= 15 is 0 Å². The van der Waals surface area contributed by atoms with E-state index in [-0.39, 0.29) is 6.17 Å². The number of para-hydroxylation sites is 5. The van der Waals surface area contributed by atoms with Crippen molar-refractivity contribution in [1.29, 1.82) is 0 Å². The Hall–Kier alpha value is -3.12. The second-order valence-corrected chi connectivity index (χ2v) is 9.42. The Morgan fingerprint density at radius 3 is 1.40 bits per heavy atom. The molecule has 0 unspecified atom stereocenters. The van der Waals surface area contributed by atoms with Gasteiger partial charge in [-0.1, -0.05) is 0 Å². The zero-order valence-corrected chi connectivity index (χ0v) is 14.3. The summed E-state index contributed by atoms with van der Waals surface area (Å²) in [6.07, 6.45) is 0.285.